The molecule has 1 saturated heterocycles. The number of hydrogen-bond donors (Lipinski definition) is 0. The quantitative estimate of drug-likeness (QED) is 0.734. The highest BCUT2D eigenvalue weighted by molar-refractivity contribution is 7.99. The monoisotopic (exact) mass is 326 g/mol. The zero-order chi connectivity index (χ0) is 15.5. The Kier molecular flexibility index (Phi) is 3.82. The summed E-state index contributed by atoms with van der Waals surface area (Å²) in [5.41, 5.74) is 1.83. The molecule has 0 unspecified atom stereocenters. The fourth-order valence-electron chi connectivity index (χ4n) is 2.41. The van der Waals surface area contributed by atoms with Gasteiger partial charge in [-0.05, 0) is 34.3 Å². The number of thioether (sulfide) groups is 1. The van der Waals surface area contributed by atoms with E-state index in [1.165, 1.54) is 11.8 Å². The van der Waals surface area contributed by atoms with Gasteiger partial charge in [0.1, 0.15) is 0 Å². The summed E-state index contributed by atoms with van der Waals surface area (Å²) in [5.74, 6) is 0. The molecule has 0 bridgehead atoms. The van der Waals surface area contributed by atoms with E-state index in [1.54, 1.807) is 4.68 Å². The summed E-state index contributed by atoms with van der Waals surface area (Å²) in [6.45, 7) is 1.07. The third-order valence-corrected chi connectivity index (χ3v) is 4.64. The van der Waals surface area contributed by atoms with Gasteiger partial charge in [0.25, 0.3) is 5.12 Å². The molecule has 0 saturated carbocycles. The number of ether oxygens (including phenoxy) is 2. The molecule has 1 aliphatic rings. The highest BCUT2D eigenvalue weighted by atomic mass is 32.2. The van der Waals surface area contributed by atoms with Crippen LogP contribution < -0.4 is 0 Å². The van der Waals surface area contributed by atoms with Gasteiger partial charge in [-0.1, -0.05) is 48.5 Å². The Labute approximate surface area is 137 Å². The molecule has 1 aliphatic heterocycles. The maximum atomic E-state index is 5.92. The first kappa shape index (κ1) is 14.4. The van der Waals surface area contributed by atoms with Crippen LogP contribution in [0.5, 0.6) is 0 Å². The van der Waals surface area contributed by atoms with Crippen molar-refractivity contribution >= 4 is 11.8 Å². The Hall–Kier alpha value is -2.22. The number of rotatable bonds is 4. The summed E-state index contributed by atoms with van der Waals surface area (Å²) in [6.07, 6.45) is 0. The number of para-hydroxylation sites is 1. The SMILES string of the molecule is c1ccc(-n2nnnc2SC2(c3ccccc3)OCCO2)cc1. The number of benzene rings is 2. The normalized spacial score (nSPS) is 16.5. The Morgan fingerprint density at radius 3 is 2.26 bits per heavy atom. The molecule has 23 heavy (non-hydrogen) atoms. The van der Waals surface area contributed by atoms with Crippen molar-refractivity contribution in [3.63, 3.8) is 0 Å². The van der Waals surface area contributed by atoms with Gasteiger partial charge >= 0.3 is 0 Å². The van der Waals surface area contributed by atoms with Gasteiger partial charge in [0.05, 0.1) is 18.9 Å². The molecule has 0 aliphatic carbocycles. The predicted molar refractivity (Wildman–Crippen MR) is 85.0 cm³/mol. The lowest BCUT2D eigenvalue weighted by atomic mass is 10.2. The molecule has 116 valence electrons. The molecule has 6 nitrogen and oxygen atoms in total. The van der Waals surface area contributed by atoms with E-state index >= 15 is 0 Å². The standard InChI is InChI=1S/C16H14N4O2S/c1-3-7-13(8-4-1)16(21-11-12-22-16)23-15-17-18-19-20(15)14-9-5-2-6-10-14/h1-10H,11-12H2. The molecule has 0 spiro atoms. The number of tetrazole rings is 1. The summed E-state index contributed by atoms with van der Waals surface area (Å²) in [4.78, 5) is 0. The van der Waals surface area contributed by atoms with Crippen LogP contribution in [0, 0.1) is 0 Å². The third-order valence-electron chi connectivity index (χ3n) is 3.46. The van der Waals surface area contributed by atoms with E-state index in [0.717, 1.165) is 11.3 Å². The van der Waals surface area contributed by atoms with Crippen molar-refractivity contribution < 1.29 is 9.47 Å². The maximum Gasteiger partial charge on any atom is 0.253 e. The summed E-state index contributed by atoms with van der Waals surface area (Å²) in [5, 5.41) is 11.7. The zero-order valence-electron chi connectivity index (χ0n) is 12.2. The van der Waals surface area contributed by atoms with Gasteiger partial charge in [-0.25, -0.2) is 0 Å². The van der Waals surface area contributed by atoms with Gasteiger partial charge in [-0.15, -0.1) is 5.10 Å². The van der Waals surface area contributed by atoms with Gasteiger partial charge in [-0.2, -0.15) is 4.68 Å². The van der Waals surface area contributed by atoms with Crippen LogP contribution in [0.15, 0.2) is 65.8 Å². The van der Waals surface area contributed by atoms with Crippen molar-refractivity contribution in [3.05, 3.63) is 66.2 Å². The van der Waals surface area contributed by atoms with Crippen molar-refractivity contribution in [2.45, 2.75) is 10.3 Å². The third kappa shape index (κ3) is 2.74. The summed E-state index contributed by atoms with van der Waals surface area (Å²) in [7, 11) is 0. The fourth-order valence-corrected chi connectivity index (χ4v) is 3.50. The van der Waals surface area contributed by atoms with Crippen LogP contribution in [0.2, 0.25) is 0 Å². The first-order valence-corrected chi connectivity index (χ1v) is 8.05. The number of nitrogens with zero attached hydrogens (tertiary/aromatic N) is 4. The molecule has 0 radical (unpaired) electrons. The lowest BCUT2D eigenvalue weighted by Crippen LogP contribution is -2.23. The second kappa shape index (κ2) is 6.11. The Morgan fingerprint density at radius 1 is 0.913 bits per heavy atom. The van der Waals surface area contributed by atoms with Crippen LogP contribution in [0.4, 0.5) is 0 Å². The second-order valence-electron chi connectivity index (χ2n) is 4.93. The van der Waals surface area contributed by atoms with Crippen molar-refractivity contribution in [1.82, 2.24) is 20.2 Å². The second-order valence-corrected chi connectivity index (χ2v) is 6.04. The van der Waals surface area contributed by atoms with Gasteiger partial charge < -0.3 is 9.47 Å². The lowest BCUT2D eigenvalue weighted by Gasteiger charge is -2.25. The molecule has 7 heteroatoms. The van der Waals surface area contributed by atoms with E-state index in [-0.39, 0.29) is 0 Å². The minimum atomic E-state index is -0.914. The topological polar surface area (TPSA) is 62.1 Å². The first-order valence-electron chi connectivity index (χ1n) is 7.24. The molecule has 4 rings (SSSR count). The average Bonchev–Trinajstić information content (AvgIpc) is 3.27. The van der Waals surface area contributed by atoms with E-state index in [2.05, 4.69) is 15.5 Å². The molecular formula is C16H14N4O2S. The summed E-state index contributed by atoms with van der Waals surface area (Å²) >= 11 is 1.36. The van der Waals surface area contributed by atoms with E-state index < -0.39 is 5.12 Å². The largest absolute Gasteiger partial charge is 0.335 e. The van der Waals surface area contributed by atoms with Crippen molar-refractivity contribution in [2.75, 3.05) is 13.2 Å². The molecule has 1 aromatic heterocycles. The van der Waals surface area contributed by atoms with Crippen LogP contribution in [-0.4, -0.2) is 33.4 Å². The van der Waals surface area contributed by atoms with Crippen LogP contribution in [-0.2, 0) is 14.6 Å². The van der Waals surface area contributed by atoms with Crippen LogP contribution in [0.3, 0.4) is 0 Å². The predicted octanol–water partition coefficient (Wildman–Crippen LogP) is 2.61. The molecule has 2 aromatic carbocycles. The molecule has 0 N–H and O–H groups in total. The molecule has 0 amide bonds. The van der Waals surface area contributed by atoms with E-state index in [4.69, 9.17) is 9.47 Å². The van der Waals surface area contributed by atoms with Crippen molar-refractivity contribution in [3.8, 4) is 5.69 Å². The van der Waals surface area contributed by atoms with Crippen molar-refractivity contribution in [2.24, 2.45) is 0 Å². The molecule has 3 aromatic rings. The number of hydrogen-bond acceptors (Lipinski definition) is 6. The van der Waals surface area contributed by atoms with Crippen LogP contribution in [0.25, 0.3) is 5.69 Å². The first-order chi connectivity index (χ1) is 11.4. The van der Waals surface area contributed by atoms with Gasteiger partial charge in [-0.3, -0.25) is 0 Å². The molecule has 0 atom stereocenters. The minimum absolute atomic E-state index is 0.537. The lowest BCUT2D eigenvalue weighted by molar-refractivity contribution is -0.0818. The summed E-state index contributed by atoms with van der Waals surface area (Å²) in [6, 6.07) is 19.6. The highest BCUT2D eigenvalue weighted by Crippen LogP contribution is 2.45. The Balaban J connectivity index is 1.71. The fraction of sp³-hybridized carbons (Fsp3) is 0.188. The van der Waals surface area contributed by atoms with E-state index in [0.29, 0.717) is 18.4 Å². The molecule has 1 fully saturated rings. The Morgan fingerprint density at radius 2 is 1.57 bits per heavy atom. The van der Waals surface area contributed by atoms with E-state index in [9.17, 15) is 0 Å². The minimum Gasteiger partial charge on any atom is -0.335 e. The van der Waals surface area contributed by atoms with Gasteiger partial charge in [0.2, 0.25) is 5.16 Å². The van der Waals surface area contributed by atoms with Crippen LogP contribution >= 0.6 is 11.8 Å². The molecule has 2 heterocycles. The van der Waals surface area contributed by atoms with Gasteiger partial charge in [0.15, 0.2) is 0 Å². The smallest absolute Gasteiger partial charge is 0.253 e. The van der Waals surface area contributed by atoms with E-state index in [1.807, 2.05) is 60.7 Å². The van der Waals surface area contributed by atoms with Crippen molar-refractivity contribution in [1.29, 1.82) is 0 Å². The highest BCUT2D eigenvalue weighted by Gasteiger charge is 2.41. The summed E-state index contributed by atoms with van der Waals surface area (Å²) < 4.78 is 13.5. The average molecular weight is 326 g/mol. The Bertz CT molecular complexity index is 773. The maximum absolute atomic E-state index is 5.92. The van der Waals surface area contributed by atoms with Crippen LogP contribution in [0.1, 0.15) is 5.56 Å². The number of aromatic nitrogens is 4. The van der Waals surface area contributed by atoms with Gasteiger partial charge in [0, 0.05) is 5.56 Å². The zero-order valence-corrected chi connectivity index (χ0v) is 13.0. The molecular weight excluding hydrogens is 312 g/mol.